The summed E-state index contributed by atoms with van der Waals surface area (Å²) in [7, 11) is 0. The highest BCUT2D eigenvalue weighted by molar-refractivity contribution is 5.81. The van der Waals surface area contributed by atoms with E-state index in [4.69, 9.17) is 10.9 Å². The number of amidine groups is 1. The fourth-order valence-electron chi connectivity index (χ4n) is 3.75. The van der Waals surface area contributed by atoms with Gasteiger partial charge in [0.05, 0.1) is 6.54 Å². The Balaban J connectivity index is 1.79. The normalized spacial score (nSPS) is 35.5. The molecule has 0 bridgehead atoms. The summed E-state index contributed by atoms with van der Waals surface area (Å²) in [6, 6.07) is 0.768. The van der Waals surface area contributed by atoms with Gasteiger partial charge < -0.3 is 10.9 Å². The summed E-state index contributed by atoms with van der Waals surface area (Å²) >= 11 is 0. The molecule has 0 aromatic heterocycles. The first-order chi connectivity index (χ1) is 9.08. The molecule has 3 N–H and O–H groups in total. The molecule has 110 valence electrons. The molecule has 5 heteroatoms. The smallest absolute Gasteiger partial charge is 0.153 e. The van der Waals surface area contributed by atoms with E-state index in [1.807, 2.05) is 0 Å². The van der Waals surface area contributed by atoms with E-state index in [1.54, 1.807) is 0 Å². The van der Waals surface area contributed by atoms with Gasteiger partial charge in [0.1, 0.15) is 0 Å². The van der Waals surface area contributed by atoms with Gasteiger partial charge in [0.25, 0.3) is 0 Å². The van der Waals surface area contributed by atoms with Gasteiger partial charge in [-0.05, 0) is 31.1 Å². The van der Waals surface area contributed by atoms with Crippen molar-refractivity contribution in [1.29, 1.82) is 0 Å². The van der Waals surface area contributed by atoms with Crippen molar-refractivity contribution in [2.75, 3.05) is 32.7 Å². The van der Waals surface area contributed by atoms with E-state index >= 15 is 0 Å². The maximum absolute atomic E-state index is 8.61. The first-order valence-corrected chi connectivity index (χ1v) is 7.51. The Morgan fingerprint density at radius 3 is 2.21 bits per heavy atom. The van der Waals surface area contributed by atoms with E-state index in [9.17, 15) is 0 Å². The minimum atomic E-state index is 0.313. The zero-order valence-electron chi connectivity index (χ0n) is 12.3. The van der Waals surface area contributed by atoms with Crippen LogP contribution in [0.1, 0.15) is 33.1 Å². The van der Waals surface area contributed by atoms with Crippen molar-refractivity contribution in [3.05, 3.63) is 0 Å². The van der Waals surface area contributed by atoms with Crippen LogP contribution in [0.4, 0.5) is 0 Å². The molecule has 19 heavy (non-hydrogen) atoms. The van der Waals surface area contributed by atoms with Crippen molar-refractivity contribution in [3.63, 3.8) is 0 Å². The molecule has 1 heterocycles. The summed E-state index contributed by atoms with van der Waals surface area (Å²) in [5.74, 6) is 2.04. The highest BCUT2D eigenvalue weighted by atomic mass is 16.4. The van der Waals surface area contributed by atoms with Gasteiger partial charge in [-0.3, -0.25) is 9.80 Å². The quantitative estimate of drug-likeness (QED) is 0.349. The summed E-state index contributed by atoms with van der Waals surface area (Å²) in [5, 5.41) is 11.7. The van der Waals surface area contributed by atoms with Crippen LogP contribution in [0.2, 0.25) is 0 Å². The largest absolute Gasteiger partial charge is 0.409 e. The third-order valence-electron chi connectivity index (χ3n) is 4.59. The van der Waals surface area contributed by atoms with Crippen LogP contribution in [-0.2, 0) is 0 Å². The lowest BCUT2D eigenvalue weighted by atomic mass is 9.79. The van der Waals surface area contributed by atoms with E-state index in [0.717, 1.165) is 44.1 Å². The molecule has 0 amide bonds. The Bertz CT molecular complexity index is 303. The van der Waals surface area contributed by atoms with Crippen molar-refractivity contribution in [2.45, 2.75) is 39.2 Å². The first kappa shape index (κ1) is 14.6. The fourth-order valence-corrected chi connectivity index (χ4v) is 3.75. The number of hydrogen-bond donors (Lipinski definition) is 2. The molecule has 2 rings (SSSR count). The zero-order chi connectivity index (χ0) is 13.8. The van der Waals surface area contributed by atoms with Crippen molar-refractivity contribution in [2.24, 2.45) is 22.7 Å². The van der Waals surface area contributed by atoms with E-state index < -0.39 is 0 Å². The Kier molecular flexibility index (Phi) is 5.05. The van der Waals surface area contributed by atoms with Crippen LogP contribution in [0, 0.1) is 11.8 Å². The van der Waals surface area contributed by atoms with Crippen molar-refractivity contribution in [3.8, 4) is 0 Å². The van der Waals surface area contributed by atoms with Gasteiger partial charge >= 0.3 is 0 Å². The monoisotopic (exact) mass is 268 g/mol. The third-order valence-corrected chi connectivity index (χ3v) is 4.59. The molecular formula is C14H28N4O. The molecular weight excluding hydrogens is 240 g/mol. The fraction of sp³-hybridized carbons (Fsp3) is 0.929. The number of oxime groups is 1. The van der Waals surface area contributed by atoms with Crippen molar-refractivity contribution in [1.82, 2.24) is 9.80 Å². The first-order valence-electron chi connectivity index (χ1n) is 7.51. The molecule has 1 saturated carbocycles. The molecule has 0 aromatic carbocycles. The second-order valence-corrected chi connectivity index (χ2v) is 6.47. The standard InChI is InChI=1S/C14H28N4O/c1-11-7-12(2)9-13(8-11)18-5-3-17(4-6-18)10-14(15)16-19/h11-13,19H,3-10H2,1-2H3,(H2,15,16). The average molecular weight is 268 g/mol. The van der Waals surface area contributed by atoms with E-state index in [-0.39, 0.29) is 0 Å². The predicted octanol–water partition coefficient (Wildman–Crippen LogP) is 1.18. The van der Waals surface area contributed by atoms with Gasteiger partial charge in [0.15, 0.2) is 5.84 Å². The molecule has 0 spiro atoms. The number of hydrogen-bond acceptors (Lipinski definition) is 4. The van der Waals surface area contributed by atoms with Crippen LogP contribution < -0.4 is 5.73 Å². The lowest BCUT2D eigenvalue weighted by Gasteiger charge is -2.43. The van der Waals surface area contributed by atoms with Crippen molar-refractivity contribution >= 4 is 5.84 Å². The van der Waals surface area contributed by atoms with Crippen molar-refractivity contribution < 1.29 is 5.21 Å². The minimum absolute atomic E-state index is 0.313. The van der Waals surface area contributed by atoms with Gasteiger partial charge in [-0.25, -0.2) is 0 Å². The van der Waals surface area contributed by atoms with E-state index in [1.165, 1.54) is 19.3 Å². The lowest BCUT2D eigenvalue weighted by Crippen LogP contribution is -2.53. The highest BCUT2D eigenvalue weighted by Crippen LogP contribution is 2.31. The summed E-state index contributed by atoms with van der Waals surface area (Å²) in [6.45, 7) is 9.63. The van der Waals surface area contributed by atoms with E-state index in [2.05, 4.69) is 28.8 Å². The number of nitrogens with zero attached hydrogens (tertiary/aromatic N) is 3. The molecule has 0 radical (unpaired) electrons. The SMILES string of the molecule is CC1CC(C)CC(N2CCN(CC(N)=NO)CC2)C1. The number of nitrogens with two attached hydrogens (primary N) is 1. The van der Waals surface area contributed by atoms with Gasteiger partial charge in [0, 0.05) is 32.2 Å². The molecule has 2 aliphatic rings. The van der Waals surface area contributed by atoms with Crippen LogP contribution in [0.25, 0.3) is 0 Å². The maximum atomic E-state index is 8.61. The Morgan fingerprint density at radius 2 is 1.68 bits per heavy atom. The highest BCUT2D eigenvalue weighted by Gasteiger charge is 2.30. The van der Waals surface area contributed by atoms with Gasteiger partial charge in [-0.2, -0.15) is 0 Å². The summed E-state index contributed by atoms with van der Waals surface area (Å²) < 4.78 is 0. The van der Waals surface area contributed by atoms with Crippen LogP contribution in [0.15, 0.2) is 5.16 Å². The van der Waals surface area contributed by atoms with Gasteiger partial charge in [-0.15, -0.1) is 0 Å². The summed E-state index contributed by atoms with van der Waals surface area (Å²) in [6.07, 6.45) is 4.09. The average Bonchev–Trinajstić information content (AvgIpc) is 2.38. The Morgan fingerprint density at radius 1 is 1.11 bits per heavy atom. The van der Waals surface area contributed by atoms with Crippen LogP contribution in [0.3, 0.4) is 0 Å². The van der Waals surface area contributed by atoms with Crippen LogP contribution >= 0.6 is 0 Å². The van der Waals surface area contributed by atoms with Gasteiger partial charge in [-0.1, -0.05) is 19.0 Å². The Hall–Kier alpha value is -0.810. The predicted molar refractivity (Wildman–Crippen MR) is 77.4 cm³/mol. The van der Waals surface area contributed by atoms with Crippen LogP contribution in [-0.4, -0.2) is 59.6 Å². The summed E-state index contributed by atoms with van der Waals surface area (Å²) in [4.78, 5) is 4.91. The number of piperazine rings is 1. The second kappa shape index (κ2) is 6.57. The third kappa shape index (κ3) is 4.08. The molecule has 2 unspecified atom stereocenters. The number of rotatable bonds is 3. The maximum Gasteiger partial charge on any atom is 0.153 e. The molecule has 5 nitrogen and oxygen atoms in total. The topological polar surface area (TPSA) is 65.1 Å². The second-order valence-electron chi connectivity index (χ2n) is 6.47. The zero-order valence-corrected chi connectivity index (χ0v) is 12.3. The molecule has 1 aliphatic carbocycles. The van der Waals surface area contributed by atoms with E-state index in [0.29, 0.717) is 12.4 Å². The van der Waals surface area contributed by atoms with Crippen LogP contribution in [0.5, 0.6) is 0 Å². The van der Waals surface area contributed by atoms with Gasteiger partial charge in [0.2, 0.25) is 0 Å². The lowest BCUT2D eigenvalue weighted by molar-refractivity contribution is 0.0614. The Labute approximate surface area is 116 Å². The molecule has 1 saturated heterocycles. The molecule has 0 aromatic rings. The minimum Gasteiger partial charge on any atom is -0.409 e. The molecule has 2 fully saturated rings. The summed E-state index contributed by atoms with van der Waals surface area (Å²) in [5.41, 5.74) is 5.56. The molecule has 2 atom stereocenters. The molecule has 1 aliphatic heterocycles.